The molecule has 0 aliphatic rings. The average Bonchev–Trinajstić information content (AvgIpc) is 2.83. The Morgan fingerprint density at radius 3 is 1.30 bits per heavy atom. The first kappa shape index (κ1) is 19.5. The third kappa shape index (κ3) is 4.76. The van der Waals surface area contributed by atoms with Crippen molar-refractivity contribution in [2.45, 2.75) is 13.2 Å². The number of rotatable bonds is 6. The van der Waals surface area contributed by atoms with Crippen LogP contribution in [0.1, 0.15) is 11.1 Å². The Morgan fingerprint density at radius 2 is 0.867 bits per heavy atom. The summed E-state index contributed by atoms with van der Waals surface area (Å²) in [7, 11) is 0. The molecular formula is C27H22O3. The van der Waals surface area contributed by atoms with Gasteiger partial charge in [-0.05, 0) is 33.4 Å². The van der Waals surface area contributed by atoms with Crippen LogP contribution in [0.4, 0.5) is 4.79 Å². The van der Waals surface area contributed by atoms with Gasteiger partial charge in [0, 0.05) is 0 Å². The highest BCUT2D eigenvalue weighted by Crippen LogP contribution is 2.25. The van der Waals surface area contributed by atoms with Crippen molar-refractivity contribution in [2.75, 3.05) is 0 Å². The zero-order valence-corrected chi connectivity index (χ0v) is 16.5. The van der Waals surface area contributed by atoms with Gasteiger partial charge in [-0.15, -0.1) is 0 Å². The largest absolute Gasteiger partial charge is 0.508 e. The number of ether oxygens (including phenoxy) is 2. The van der Waals surface area contributed by atoms with Crippen LogP contribution < -0.4 is 0 Å². The molecule has 148 valence electrons. The molecule has 4 rings (SSSR count). The van der Waals surface area contributed by atoms with Gasteiger partial charge in [-0.2, -0.15) is 0 Å². The van der Waals surface area contributed by atoms with Crippen molar-refractivity contribution in [3.63, 3.8) is 0 Å². The lowest BCUT2D eigenvalue weighted by molar-refractivity contribution is 0.0448. The Bertz CT molecular complexity index is 1020. The average molecular weight is 394 g/mol. The van der Waals surface area contributed by atoms with E-state index in [1.165, 1.54) is 0 Å². The topological polar surface area (TPSA) is 35.5 Å². The minimum Gasteiger partial charge on any atom is -0.429 e. The highest BCUT2D eigenvalue weighted by Gasteiger charge is 2.11. The molecule has 0 N–H and O–H groups in total. The van der Waals surface area contributed by atoms with E-state index >= 15 is 0 Å². The summed E-state index contributed by atoms with van der Waals surface area (Å²) in [6.07, 6.45) is -0.680. The van der Waals surface area contributed by atoms with E-state index in [-0.39, 0.29) is 13.2 Å². The standard InChI is InChI=1S/C27H22O3/c28-27(29-19-23-15-7-9-17-25(23)21-11-3-1-4-12-21)30-20-24-16-8-10-18-26(24)22-13-5-2-6-14-22/h1-18H,19-20H2. The molecule has 0 aliphatic carbocycles. The SMILES string of the molecule is O=C(OCc1ccccc1-c1ccccc1)OCc1ccccc1-c1ccccc1. The lowest BCUT2D eigenvalue weighted by Gasteiger charge is -2.12. The molecule has 0 atom stereocenters. The van der Waals surface area contributed by atoms with Crippen molar-refractivity contribution < 1.29 is 14.3 Å². The van der Waals surface area contributed by atoms with Crippen LogP contribution >= 0.6 is 0 Å². The molecule has 0 spiro atoms. The van der Waals surface area contributed by atoms with Gasteiger partial charge in [0.05, 0.1) is 0 Å². The van der Waals surface area contributed by atoms with E-state index in [0.29, 0.717) is 0 Å². The van der Waals surface area contributed by atoms with Crippen molar-refractivity contribution in [3.8, 4) is 22.3 Å². The van der Waals surface area contributed by atoms with Crippen LogP contribution in [0.25, 0.3) is 22.3 Å². The molecule has 4 aromatic carbocycles. The summed E-state index contributed by atoms with van der Waals surface area (Å²) in [6, 6.07) is 35.9. The van der Waals surface area contributed by atoms with Crippen LogP contribution in [-0.2, 0) is 22.7 Å². The maximum absolute atomic E-state index is 12.2. The third-order valence-corrected chi connectivity index (χ3v) is 4.90. The normalized spacial score (nSPS) is 10.4. The summed E-state index contributed by atoms with van der Waals surface area (Å²) in [5.74, 6) is 0. The third-order valence-electron chi connectivity index (χ3n) is 4.90. The first-order valence-electron chi connectivity index (χ1n) is 9.87. The van der Waals surface area contributed by atoms with Crippen LogP contribution in [0.3, 0.4) is 0 Å². The van der Waals surface area contributed by atoms with Crippen molar-refractivity contribution in [3.05, 3.63) is 120 Å². The first-order chi connectivity index (χ1) is 14.8. The molecule has 0 aliphatic heterocycles. The minimum atomic E-state index is -0.680. The lowest BCUT2D eigenvalue weighted by Crippen LogP contribution is -2.08. The van der Waals surface area contributed by atoms with E-state index in [9.17, 15) is 4.79 Å². The second kappa shape index (κ2) is 9.57. The van der Waals surface area contributed by atoms with Gasteiger partial charge in [0.15, 0.2) is 0 Å². The van der Waals surface area contributed by atoms with Crippen molar-refractivity contribution in [2.24, 2.45) is 0 Å². The predicted octanol–water partition coefficient (Wildman–Crippen LogP) is 6.87. The molecule has 3 nitrogen and oxygen atoms in total. The number of carbonyl (C=O) groups excluding carboxylic acids is 1. The van der Waals surface area contributed by atoms with Crippen molar-refractivity contribution >= 4 is 6.16 Å². The van der Waals surface area contributed by atoms with E-state index in [4.69, 9.17) is 9.47 Å². The van der Waals surface area contributed by atoms with E-state index < -0.39 is 6.16 Å². The van der Waals surface area contributed by atoms with E-state index in [1.54, 1.807) is 0 Å². The summed E-state index contributed by atoms with van der Waals surface area (Å²) in [6.45, 7) is 0.314. The van der Waals surface area contributed by atoms with Gasteiger partial charge in [-0.3, -0.25) is 0 Å². The van der Waals surface area contributed by atoms with Gasteiger partial charge in [-0.1, -0.05) is 109 Å². The fourth-order valence-electron chi connectivity index (χ4n) is 3.41. The molecule has 0 unspecified atom stereocenters. The molecule has 0 bridgehead atoms. The number of benzene rings is 4. The van der Waals surface area contributed by atoms with E-state index in [2.05, 4.69) is 0 Å². The summed E-state index contributed by atoms with van der Waals surface area (Å²) >= 11 is 0. The van der Waals surface area contributed by atoms with Crippen LogP contribution in [-0.4, -0.2) is 6.16 Å². The summed E-state index contributed by atoms with van der Waals surface area (Å²) in [4.78, 5) is 12.2. The Morgan fingerprint density at radius 1 is 0.500 bits per heavy atom. The van der Waals surface area contributed by atoms with Crippen LogP contribution in [0.2, 0.25) is 0 Å². The summed E-state index contributed by atoms with van der Waals surface area (Å²) in [5.41, 5.74) is 6.13. The maximum Gasteiger partial charge on any atom is 0.508 e. The molecule has 4 aromatic rings. The van der Waals surface area contributed by atoms with Gasteiger partial charge >= 0.3 is 6.16 Å². The molecule has 0 radical (unpaired) electrons. The van der Waals surface area contributed by atoms with E-state index in [0.717, 1.165) is 33.4 Å². The van der Waals surface area contributed by atoms with Crippen LogP contribution in [0.5, 0.6) is 0 Å². The molecule has 0 amide bonds. The van der Waals surface area contributed by atoms with Crippen LogP contribution in [0, 0.1) is 0 Å². The molecule has 0 saturated carbocycles. The quantitative estimate of drug-likeness (QED) is 0.335. The van der Waals surface area contributed by atoms with Crippen LogP contribution in [0.15, 0.2) is 109 Å². The van der Waals surface area contributed by atoms with Gasteiger partial charge < -0.3 is 9.47 Å². The number of hydrogen-bond donors (Lipinski definition) is 0. The molecule has 30 heavy (non-hydrogen) atoms. The van der Waals surface area contributed by atoms with E-state index in [1.807, 2.05) is 109 Å². The molecule has 0 saturated heterocycles. The molecule has 0 heterocycles. The predicted molar refractivity (Wildman–Crippen MR) is 119 cm³/mol. The van der Waals surface area contributed by atoms with Gasteiger partial charge in [-0.25, -0.2) is 4.79 Å². The minimum absolute atomic E-state index is 0.157. The molecule has 0 fully saturated rings. The molecule has 0 aromatic heterocycles. The Kier molecular flexibility index (Phi) is 6.21. The Hall–Kier alpha value is -3.85. The first-order valence-corrected chi connectivity index (χ1v) is 9.87. The highest BCUT2D eigenvalue weighted by atomic mass is 16.7. The zero-order chi connectivity index (χ0) is 20.6. The fourth-order valence-corrected chi connectivity index (χ4v) is 3.41. The summed E-state index contributed by atoms with van der Waals surface area (Å²) < 4.78 is 10.8. The summed E-state index contributed by atoms with van der Waals surface area (Å²) in [5, 5.41) is 0. The zero-order valence-electron chi connectivity index (χ0n) is 16.5. The smallest absolute Gasteiger partial charge is 0.429 e. The highest BCUT2D eigenvalue weighted by molar-refractivity contribution is 5.69. The Labute approximate surface area is 176 Å². The molecular weight excluding hydrogens is 372 g/mol. The number of carbonyl (C=O) groups is 1. The van der Waals surface area contributed by atoms with Gasteiger partial charge in [0.25, 0.3) is 0 Å². The Balaban J connectivity index is 1.40. The molecule has 3 heteroatoms. The fraction of sp³-hybridized carbons (Fsp3) is 0.0741. The maximum atomic E-state index is 12.2. The van der Waals surface area contributed by atoms with Crippen molar-refractivity contribution in [1.29, 1.82) is 0 Å². The van der Waals surface area contributed by atoms with Crippen molar-refractivity contribution in [1.82, 2.24) is 0 Å². The second-order valence-corrected chi connectivity index (χ2v) is 6.87. The number of hydrogen-bond acceptors (Lipinski definition) is 3. The monoisotopic (exact) mass is 394 g/mol. The van der Waals surface area contributed by atoms with Gasteiger partial charge in [0.2, 0.25) is 0 Å². The van der Waals surface area contributed by atoms with Gasteiger partial charge in [0.1, 0.15) is 13.2 Å². The lowest BCUT2D eigenvalue weighted by atomic mass is 10.0. The second-order valence-electron chi connectivity index (χ2n) is 6.87.